The SMILES string of the molecule is CCN(CC)c1cccc(Oc2nc(C)ccc2N)c1. The molecule has 1 aromatic carbocycles. The molecule has 106 valence electrons. The molecule has 0 spiro atoms. The first kappa shape index (κ1) is 14.2. The van der Waals surface area contributed by atoms with Crippen LogP contribution in [0.4, 0.5) is 11.4 Å². The first-order chi connectivity index (χ1) is 9.63. The second-order valence-corrected chi connectivity index (χ2v) is 4.62. The van der Waals surface area contributed by atoms with Crippen molar-refractivity contribution in [3.8, 4) is 11.6 Å². The summed E-state index contributed by atoms with van der Waals surface area (Å²) in [7, 11) is 0. The molecule has 0 bridgehead atoms. The molecule has 1 heterocycles. The molecular weight excluding hydrogens is 250 g/mol. The van der Waals surface area contributed by atoms with Crippen LogP contribution in [0.5, 0.6) is 11.6 Å². The van der Waals surface area contributed by atoms with Gasteiger partial charge in [0.2, 0.25) is 5.88 Å². The highest BCUT2D eigenvalue weighted by Crippen LogP contribution is 2.28. The summed E-state index contributed by atoms with van der Waals surface area (Å²) >= 11 is 0. The minimum atomic E-state index is 0.460. The molecule has 0 saturated heterocycles. The molecule has 1 aromatic heterocycles. The fraction of sp³-hybridized carbons (Fsp3) is 0.312. The van der Waals surface area contributed by atoms with E-state index in [0.29, 0.717) is 11.6 Å². The van der Waals surface area contributed by atoms with Gasteiger partial charge < -0.3 is 15.4 Å². The quantitative estimate of drug-likeness (QED) is 0.902. The molecule has 0 aliphatic heterocycles. The van der Waals surface area contributed by atoms with Crippen molar-refractivity contribution in [1.82, 2.24) is 4.98 Å². The van der Waals surface area contributed by atoms with Crippen LogP contribution in [-0.2, 0) is 0 Å². The van der Waals surface area contributed by atoms with E-state index in [1.807, 2.05) is 37.3 Å². The van der Waals surface area contributed by atoms with Gasteiger partial charge >= 0.3 is 0 Å². The number of aromatic nitrogens is 1. The van der Waals surface area contributed by atoms with Crippen LogP contribution in [0.2, 0.25) is 0 Å². The van der Waals surface area contributed by atoms with Crippen LogP contribution >= 0.6 is 0 Å². The summed E-state index contributed by atoms with van der Waals surface area (Å²) in [6.07, 6.45) is 0. The van der Waals surface area contributed by atoms with Gasteiger partial charge in [0.15, 0.2) is 0 Å². The third-order valence-corrected chi connectivity index (χ3v) is 3.19. The highest BCUT2D eigenvalue weighted by Gasteiger charge is 2.07. The maximum absolute atomic E-state index is 5.89. The van der Waals surface area contributed by atoms with Gasteiger partial charge in [0, 0.05) is 30.5 Å². The van der Waals surface area contributed by atoms with Crippen LogP contribution in [-0.4, -0.2) is 18.1 Å². The van der Waals surface area contributed by atoms with Crippen LogP contribution in [0.1, 0.15) is 19.5 Å². The Labute approximate surface area is 120 Å². The zero-order valence-corrected chi connectivity index (χ0v) is 12.3. The number of nitrogens with zero attached hydrogens (tertiary/aromatic N) is 2. The Morgan fingerprint density at radius 3 is 2.60 bits per heavy atom. The average Bonchev–Trinajstić information content (AvgIpc) is 2.45. The van der Waals surface area contributed by atoms with E-state index in [0.717, 1.165) is 30.2 Å². The molecule has 2 aromatic rings. The number of pyridine rings is 1. The third-order valence-electron chi connectivity index (χ3n) is 3.19. The summed E-state index contributed by atoms with van der Waals surface area (Å²) in [4.78, 5) is 6.59. The van der Waals surface area contributed by atoms with Gasteiger partial charge in [0.25, 0.3) is 0 Å². The predicted molar refractivity (Wildman–Crippen MR) is 83.5 cm³/mol. The van der Waals surface area contributed by atoms with Gasteiger partial charge in [-0.15, -0.1) is 0 Å². The lowest BCUT2D eigenvalue weighted by Gasteiger charge is -2.21. The van der Waals surface area contributed by atoms with Crippen molar-refractivity contribution in [2.24, 2.45) is 0 Å². The van der Waals surface area contributed by atoms with Crippen LogP contribution in [0.25, 0.3) is 0 Å². The molecule has 0 radical (unpaired) electrons. The zero-order chi connectivity index (χ0) is 14.5. The molecule has 20 heavy (non-hydrogen) atoms. The first-order valence-corrected chi connectivity index (χ1v) is 6.90. The Bertz CT molecular complexity index is 580. The number of ether oxygens (including phenoxy) is 1. The summed E-state index contributed by atoms with van der Waals surface area (Å²) in [5.41, 5.74) is 8.46. The minimum absolute atomic E-state index is 0.460. The summed E-state index contributed by atoms with van der Waals surface area (Å²) < 4.78 is 5.81. The number of rotatable bonds is 5. The zero-order valence-electron chi connectivity index (χ0n) is 12.3. The minimum Gasteiger partial charge on any atom is -0.437 e. The second-order valence-electron chi connectivity index (χ2n) is 4.62. The molecular formula is C16H21N3O. The molecule has 4 heteroatoms. The van der Waals surface area contributed by atoms with Crippen LogP contribution in [0.15, 0.2) is 36.4 Å². The molecule has 2 N–H and O–H groups in total. The first-order valence-electron chi connectivity index (χ1n) is 6.90. The number of hydrogen-bond acceptors (Lipinski definition) is 4. The van der Waals surface area contributed by atoms with E-state index in [2.05, 4.69) is 29.8 Å². The maximum atomic E-state index is 5.89. The summed E-state index contributed by atoms with van der Waals surface area (Å²) in [5.74, 6) is 1.21. The molecule has 0 amide bonds. The fourth-order valence-corrected chi connectivity index (χ4v) is 2.07. The van der Waals surface area contributed by atoms with E-state index in [-0.39, 0.29) is 0 Å². The van der Waals surface area contributed by atoms with Crippen molar-refractivity contribution < 1.29 is 4.74 Å². The number of anilines is 2. The Morgan fingerprint density at radius 2 is 1.90 bits per heavy atom. The maximum Gasteiger partial charge on any atom is 0.242 e. The van der Waals surface area contributed by atoms with Crippen LogP contribution in [0, 0.1) is 6.92 Å². The van der Waals surface area contributed by atoms with Crippen LogP contribution in [0.3, 0.4) is 0 Å². The van der Waals surface area contributed by atoms with Crippen molar-refractivity contribution in [1.29, 1.82) is 0 Å². The lowest BCUT2D eigenvalue weighted by Crippen LogP contribution is -2.21. The number of aryl methyl sites for hydroxylation is 1. The highest BCUT2D eigenvalue weighted by molar-refractivity contribution is 5.54. The fourth-order valence-electron chi connectivity index (χ4n) is 2.07. The van der Waals surface area contributed by atoms with Crippen molar-refractivity contribution in [3.05, 3.63) is 42.1 Å². The average molecular weight is 271 g/mol. The van der Waals surface area contributed by atoms with Gasteiger partial charge in [-0.25, -0.2) is 4.98 Å². The number of hydrogen-bond donors (Lipinski definition) is 1. The monoisotopic (exact) mass is 271 g/mol. The van der Waals surface area contributed by atoms with Gasteiger partial charge in [-0.1, -0.05) is 6.07 Å². The van der Waals surface area contributed by atoms with Gasteiger partial charge in [-0.05, 0) is 45.0 Å². The Morgan fingerprint density at radius 1 is 1.15 bits per heavy atom. The standard InChI is InChI=1S/C16H21N3O/c1-4-19(5-2)13-7-6-8-14(11-13)20-16-15(17)10-9-12(3)18-16/h6-11H,4-5,17H2,1-3H3. The molecule has 0 unspecified atom stereocenters. The van der Waals surface area contributed by atoms with Gasteiger partial charge in [0.1, 0.15) is 5.75 Å². The van der Waals surface area contributed by atoms with Crippen LogP contribution < -0.4 is 15.4 Å². The second kappa shape index (κ2) is 6.28. The van der Waals surface area contributed by atoms with E-state index >= 15 is 0 Å². The molecule has 2 rings (SSSR count). The molecule has 4 nitrogen and oxygen atoms in total. The molecule has 0 atom stereocenters. The predicted octanol–water partition coefficient (Wildman–Crippen LogP) is 3.61. The largest absolute Gasteiger partial charge is 0.437 e. The lowest BCUT2D eigenvalue weighted by molar-refractivity contribution is 0.464. The Hall–Kier alpha value is -2.23. The Balaban J connectivity index is 2.25. The van der Waals surface area contributed by atoms with E-state index in [4.69, 9.17) is 10.5 Å². The van der Waals surface area contributed by atoms with Crippen molar-refractivity contribution in [2.75, 3.05) is 23.7 Å². The lowest BCUT2D eigenvalue weighted by atomic mass is 10.2. The number of nitrogens with two attached hydrogens (primary N) is 1. The molecule has 0 aliphatic rings. The Kier molecular flexibility index (Phi) is 4.45. The van der Waals surface area contributed by atoms with Gasteiger partial charge in [0.05, 0.1) is 5.69 Å². The van der Waals surface area contributed by atoms with E-state index in [9.17, 15) is 0 Å². The van der Waals surface area contributed by atoms with Crippen molar-refractivity contribution in [3.63, 3.8) is 0 Å². The van der Waals surface area contributed by atoms with Gasteiger partial charge in [-0.3, -0.25) is 0 Å². The van der Waals surface area contributed by atoms with E-state index < -0.39 is 0 Å². The van der Waals surface area contributed by atoms with Crippen molar-refractivity contribution in [2.45, 2.75) is 20.8 Å². The summed E-state index contributed by atoms with van der Waals surface area (Å²) in [5, 5.41) is 0. The molecule has 0 aliphatic carbocycles. The topological polar surface area (TPSA) is 51.4 Å². The van der Waals surface area contributed by atoms with E-state index in [1.165, 1.54) is 0 Å². The number of benzene rings is 1. The molecule has 0 saturated carbocycles. The summed E-state index contributed by atoms with van der Waals surface area (Å²) in [6.45, 7) is 8.11. The smallest absolute Gasteiger partial charge is 0.242 e. The normalized spacial score (nSPS) is 10.3. The highest BCUT2D eigenvalue weighted by atomic mass is 16.5. The van der Waals surface area contributed by atoms with Gasteiger partial charge in [-0.2, -0.15) is 0 Å². The third kappa shape index (κ3) is 3.20. The molecule has 0 fully saturated rings. The van der Waals surface area contributed by atoms with Crippen molar-refractivity contribution >= 4 is 11.4 Å². The number of nitrogen functional groups attached to an aromatic ring is 1. The summed E-state index contributed by atoms with van der Waals surface area (Å²) in [6, 6.07) is 11.7. The van der Waals surface area contributed by atoms with E-state index in [1.54, 1.807) is 0 Å².